The summed E-state index contributed by atoms with van der Waals surface area (Å²) < 4.78 is 0. The van der Waals surface area contributed by atoms with Crippen LogP contribution in [0.25, 0.3) is 0 Å². The molecule has 1 saturated heterocycles. The summed E-state index contributed by atoms with van der Waals surface area (Å²) in [5, 5.41) is 0.619. The third-order valence-electron chi connectivity index (χ3n) is 6.04. The number of fused-ring (bicyclic) bond motifs is 2. The number of hydrogen-bond acceptors (Lipinski definition) is 3. The summed E-state index contributed by atoms with van der Waals surface area (Å²) in [6.07, 6.45) is 2.43. The highest BCUT2D eigenvalue weighted by Gasteiger charge is 2.55. The average Bonchev–Trinajstić information content (AvgIpc) is 3.16. The van der Waals surface area contributed by atoms with Gasteiger partial charge in [0.1, 0.15) is 5.66 Å². The lowest BCUT2D eigenvalue weighted by atomic mass is 9.83. The van der Waals surface area contributed by atoms with Crippen LogP contribution >= 0.6 is 11.6 Å². The predicted molar refractivity (Wildman–Crippen MR) is 114 cm³/mol. The minimum Gasteiger partial charge on any atom is -0.313 e. The van der Waals surface area contributed by atoms with Crippen molar-refractivity contribution in [3.05, 3.63) is 100 Å². The fourth-order valence-corrected chi connectivity index (χ4v) is 4.81. The van der Waals surface area contributed by atoms with Crippen molar-refractivity contribution in [1.29, 1.82) is 0 Å². The van der Waals surface area contributed by atoms with Gasteiger partial charge in [0.05, 0.1) is 6.42 Å². The minimum absolute atomic E-state index is 0.0417. The van der Waals surface area contributed by atoms with E-state index in [4.69, 9.17) is 11.6 Å². The Hall–Kier alpha value is -3.18. The Labute approximate surface area is 179 Å². The van der Waals surface area contributed by atoms with Gasteiger partial charge in [0.15, 0.2) is 0 Å². The summed E-state index contributed by atoms with van der Waals surface area (Å²) in [7, 11) is 0. The fourth-order valence-electron chi connectivity index (χ4n) is 4.68. The van der Waals surface area contributed by atoms with Crippen LogP contribution in [0.15, 0.2) is 72.9 Å². The number of rotatable bonds is 3. The highest BCUT2D eigenvalue weighted by molar-refractivity contribution is 6.30. The van der Waals surface area contributed by atoms with E-state index in [-0.39, 0.29) is 18.2 Å². The molecule has 0 saturated carbocycles. The molecule has 0 aliphatic carbocycles. The number of hydrogen-bond donors (Lipinski definition) is 0. The van der Waals surface area contributed by atoms with E-state index in [0.29, 0.717) is 30.1 Å². The number of carbonyl (C=O) groups is 2. The second-order valence-corrected chi connectivity index (χ2v) is 8.09. The van der Waals surface area contributed by atoms with E-state index >= 15 is 0 Å². The number of pyridine rings is 1. The highest BCUT2D eigenvalue weighted by atomic mass is 35.5. The number of aromatic nitrogens is 1. The maximum absolute atomic E-state index is 13.5. The van der Waals surface area contributed by atoms with E-state index in [9.17, 15) is 9.59 Å². The number of halogens is 1. The second kappa shape index (κ2) is 7.26. The number of amides is 2. The molecule has 2 aliphatic heterocycles. The predicted octanol–water partition coefficient (Wildman–Crippen LogP) is 3.67. The van der Waals surface area contributed by atoms with Crippen molar-refractivity contribution in [3.63, 3.8) is 0 Å². The van der Waals surface area contributed by atoms with Gasteiger partial charge in [-0.3, -0.25) is 14.6 Å². The first-order valence-electron chi connectivity index (χ1n) is 9.96. The molecule has 6 heteroatoms. The molecule has 150 valence electrons. The fraction of sp³-hybridized carbons (Fsp3) is 0.208. The molecular weight excluding hydrogens is 398 g/mol. The molecule has 1 fully saturated rings. The zero-order chi connectivity index (χ0) is 20.7. The van der Waals surface area contributed by atoms with Crippen molar-refractivity contribution in [2.45, 2.75) is 18.5 Å². The maximum Gasteiger partial charge on any atom is 0.256 e. The van der Waals surface area contributed by atoms with Gasteiger partial charge in [0.25, 0.3) is 5.91 Å². The lowest BCUT2D eigenvalue weighted by Gasteiger charge is -2.47. The Kier molecular flexibility index (Phi) is 4.55. The summed E-state index contributed by atoms with van der Waals surface area (Å²) in [6.45, 7) is 0.970. The van der Waals surface area contributed by atoms with Crippen LogP contribution in [0.2, 0.25) is 5.02 Å². The summed E-state index contributed by atoms with van der Waals surface area (Å²) in [5.74, 6) is -0.0849. The molecule has 1 atom stereocenters. The average molecular weight is 418 g/mol. The Morgan fingerprint density at radius 3 is 2.53 bits per heavy atom. The van der Waals surface area contributed by atoms with Crippen LogP contribution in [0.4, 0.5) is 0 Å². The quantitative estimate of drug-likeness (QED) is 0.653. The van der Waals surface area contributed by atoms with E-state index in [1.54, 1.807) is 6.20 Å². The molecule has 0 spiro atoms. The van der Waals surface area contributed by atoms with Crippen LogP contribution in [0.1, 0.15) is 27.2 Å². The van der Waals surface area contributed by atoms with Gasteiger partial charge in [-0.25, -0.2) is 0 Å². The van der Waals surface area contributed by atoms with Gasteiger partial charge < -0.3 is 9.80 Å². The summed E-state index contributed by atoms with van der Waals surface area (Å²) in [5.41, 5.74) is 2.41. The Balaban J connectivity index is 1.62. The molecule has 30 heavy (non-hydrogen) atoms. The zero-order valence-corrected chi connectivity index (χ0v) is 17.0. The Morgan fingerprint density at radius 1 is 1.00 bits per heavy atom. The van der Waals surface area contributed by atoms with Crippen molar-refractivity contribution in [1.82, 2.24) is 14.8 Å². The first kappa shape index (κ1) is 18.8. The topological polar surface area (TPSA) is 53.5 Å². The van der Waals surface area contributed by atoms with E-state index in [1.807, 2.05) is 76.5 Å². The van der Waals surface area contributed by atoms with Gasteiger partial charge in [0.2, 0.25) is 5.91 Å². The van der Waals surface area contributed by atoms with Crippen LogP contribution in [-0.2, 0) is 23.3 Å². The number of carbonyl (C=O) groups excluding carboxylic acids is 2. The standard InChI is InChI=1S/C24H20ClN3O2/c25-19-10-8-18(9-11-19)24-16-17-5-1-2-7-21(17)23(30)28(24)14-13-27(24)22(29)15-20-6-3-4-12-26-20/h1-12H,13-16H2. The van der Waals surface area contributed by atoms with E-state index < -0.39 is 5.66 Å². The number of nitrogens with zero attached hydrogens (tertiary/aromatic N) is 3. The number of benzene rings is 2. The molecule has 5 rings (SSSR count). The Morgan fingerprint density at radius 2 is 1.77 bits per heavy atom. The van der Waals surface area contributed by atoms with Crippen molar-refractivity contribution in [2.75, 3.05) is 13.1 Å². The van der Waals surface area contributed by atoms with E-state index in [0.717, 1.165) is 16.8 Å². The summed E-state index contributed by atoms with van der Waals surface area (Å²) in [4.78, 5) is 34.9. The molecule has 0 N–H and O–H groups in total. The summed E-state index contributed by atoms with van der Waals surface area (Å²) >= 11 is 6.14. The van der Waals surface area contributed by atoms with Crippen molar-refractivity contribution < 1.29 is 9.59 Å². The smallest absolute Gasteiger partial charge is 0.256 e. The van der Waals surface area contributed by atoms with Gasteiger partial charge >= 0.3 is 0 Å². The van der Waals surface area contributed by atoms with E-state index in [1.165, 1.54) is 0 Å². The second-order valence-electron chi connectivity index (χ2n) is 7.66. The van der Waals surface area contributed by atoms with Gasteiger partial charge in [-0.15, -0.1) is 0 Å². The molecule has 3 aromatic rings. The zero-order valence-electron chi connectivity index (χ0n) is 16.3. The molecule has 0 radical (unpaired) electrons. The molecule has 2 aromatic carbocycles. The van der Waals surface area contributed by atoms with Gasteiger partial charge in [-0.05, 0) is 41.5 Å². The lowest BCUT2D eigenvalue weighted by Crippen LogP contribution is -2.58. The van der Waals surface area contributed by atoms with Crippen LogP contribution in [0.5, 0.6) is 0 Å². The maximum atomic E-state index is 13.5. The van der Waals surface area contributed by atoms with Crippen molar-refractivity contribution >= 4 is 23.4 Å². The van der Waals surface area contributed by atoms with Crippen molar-refractivity contribution in [3.8, 4) is 0 Å². The van der Waals surface area contributed by atoms with Gasteiger partial charge in [-0.1, -0.05) is 48.0 Å². The van der Waals surface area contributed by atoms with Crippen molar-refractivity contribution in [2.24, 2.45) is 0 Å². The van der Waals surface area contributed by atoms with Crippen LogP contribution < -0.4 is 0 Å². The first-order valence-corrected chi connectivity index (χ1v) is 10.3. The van der Waals surface area contributed by atoms with Gasteiger partial charge in [0, 0.05) is 42.0 Å². The third-order valence-corrected chi connectivity index (χ3v) is 6.29. The SMILES string of the molecule is O=C(Cc1ccccn1)N1CCN2C(=O)c3ccccc3CC12c1ccc(Cl)cc1. The highest BCUT2D eigenvalue weighted by Crippen LogP contribution is 2.45. The molecule has 0 bridgehead atoms. The molecule has 2 amide bonds. The molecule has 5 nitrogen and oxygen atoms in total. The summed E-state index contributed by atoms with van der Waals surface area (Å²) in [6, 6.07) is 20.7. The minimum atomic E-state index is -0.859. The normalized spacial score (nSPS) is 20.1. The third kappa shape index (κ3) is 2.89. The molecule has 2 aliphatic rings. The van der Waals surface area contributed by atoms with E-state index in [2.05, 4.69) is 4.98 Å². The van der Waals surface area contributed by atoms with Gasteiger partial charge in [-0.2, -0.15) is 0 Å². The Bertz CT molecular complexity index is 1120. The molecule has 3 heterocycles. The molecular formula is C24H20ClN3O2. The van der Waals surface area contributed by atoms with Crippen LogP contribution in [-0.4, -0.2) is 39.7 Å². The molecule has 1 unspecified atom stereocenters. The largest absolute Gasteiger partial charge is 0.313 e. The first-order chi connectivity index (χ1) is 14.6. The lowest BCUT2D eigenvalue weighted by molar-refractivity contribution is -0.138. The van der Waals surface area contributed by atoms with Crippen LogP contribution in [0, 0.1) is 0 Å². The monoisotopic (exact) mass is 417 g/mol. The molecule has 1 aromatic heterocycles. The van der Waals surface area contributed by atoms with Crippen LogP contribution in [0.3, 0.4) is 0 Å².